The number of fused-ring (bicyclic) bond motifs is 2. The first kappa shape index (κ1) is 23.2. The van der Waals surface area contributed by atoms with Gasteiger partial charge in [0, 0.05) is 57.8 Å². The van der Waals surface area contributed by atoms with Crippen molar-refractivity contribution >= 4 is 21.8 Å². The van der Waals surface area contributed by atoms with Gasteiger partial charge in [0.2, 0.25) is 16.0 Å². The SMILES string of the molecule is CC(C)CCNc1nc(N2C[C@@H]3[C@H](C2)[C@H]3CS(=O)(=O)N2CCNCC2)c2c(n1)C(F)(F)CC2. The van der Waals surface area contributed by atoms with Crippen LogP contribution in [0.25, 0.3) is 0 Å². The summed E-state index contributed by atoms with van der Waals surface area (Å²) >= 11 is 0. The summed E-state index contributed by atoms with van der Waals surface area (Å²) in [5, 5.41) is 6.32. The van der Waals surface area contributed by atoms with Crippen molar-refractivity contribution in [2.75, 3.05) is 61.8 Å². The minimum absolute atomic E-state index is 0.141. The summed E-state index contributed by atoms with van der Waals surface area (Å²) in [5.74, 6) is -0.638. The van der Waals surface area contributed by atoms with Crippen LogP contribution < -0.4 is 15.5 Å². The maximum atomic E-state index is 14.5. The van der Waals surface area contributed by atoms with Gasteiger partial charge in [-0.3, -0.25) is 0 Å². The molecule has 0 bridgehead atoms. The lowest BCUT2D eigenvalue weighted by Gasteiger charge is -2.28. The molecule has 11 heteroatoms. The second kappa shape index (κ2) is 8.57. The van der Waals surface area contributed by atoms with E-state index in [2.05, 4.69) is 39.3 Å². The highest BCUT2D eigenvalue weighted by atomic mass is 32.2. The molecule has 1 aromatic rings. The standard InChI is InChI=1S/C22H34F2N6O2S/c1-14(2)4-6-26-21-27-19-15(3-5-22(19,23)24)20(28-21)29-11-16-17(12-29)18(16)13-33(31,32)30-9-7-25-8-10-30/h14,16-18,25H,3-13H2,1-2H3,(H,26,27,28)/t16-,17+,18+. The van der Waals surface area contributed by atoms with Gasteiger partial charge in [0.05, 0.1) is 5.75 Å². The zero-order chi connectivity index (χ0) is 23.4. The number of alkyl halides is 2. The van der Waals surface area contributed by atoms with E-state index in [4.69, 9.17) is 0 Å². The number of halogens is 2. The molecule has 2 aliphatic heterocycles. The predicted molar refractivity (Wildman–Crippen MR) is 123 cm³/mol. The number of piperidine rings is 1. The van der Waals surface area contributed by atoms with Crippen LogP contribution in [0.2, 0.25) is 0 Å². The maximum Gasteiger partial charge on any atom is 0.290 e. The Kier molecular flexibility index (Phi) is 6.01. The number of rotatable bonds is 8. The molecule has 8 nitrogen and oxygen atoms in total. The summed E-state index contributed by atoms with van der Waals surface area (Å²) < 4.78 is 56.3. The molecule has 0 unspecified atom stereocenters. The monoisotopic (exact) mass is 484 g/mol. The van der Waals surface area contributed by atoms with E-state index < -0.39 is 15.9 Å². The molecule has 0 amide bonds. The highest BCUT2D eigenvalue weighted by Crippen LogP contribution is 2.54. The third-order valence-corrected chi connectivity index (χ3v) is 9.53. The normalized spacial score (nSPS) is 28.8. The van der Waals surface area contributed by atoms with Crippen molar-refractivity contribution in [3.8, 4) is 0 Å². The van der Waals surface area contributed by atoms with Crippen LogP contribution in [0, 0.1) is 23.7 Å². The molecule has 2 N–H and O–H groups in total. The van der Waals surface area contributed by atoms with Gasteiger partial charge in [0.1, 0.15) is 11.5 Å². The molecule has 184 valence electrons. The smallest absolute Gasteiger partial charge is 0.290 e. The topological polar surface area (TPSA) is 90.5 Å². The molecule has 1 saturated carbocycles. The Morgan fingerprint density at radius 2 is 1.88 bits per heavy atom. The lowest BCUT2D eigenvalue weighted by Crippen LogP contribution is -2.47. The van der Waals surface area contributed by atoms with Crippen molar-refractivity contribution in [2.24, 2.45) is 23.7 Å². The van der Waals surface area contributed by atoms with E-state index in [1.165, 1.54) is 0 Å². The summed E-state index contributed by atoms with van der Waals surface area (Å²) in [7, 11) is -3.25. The first-order chi connectivity index (χ1) is 15.7. The Hall–Kier alpha value is -1.59. The van der Waals surface area contributed by atoms with E-state index >= 15 is 0 Å². The summed E-state index contributed by atoms with van der Waals surface area (Å²) in [6.45, 7) is 8.66. The molecular formula is C22H34F2N6O2S. The number of hydrogen-bond donors (Lipinski definition) is 2. The van der Waals surface area contributed by atoms with Crippen molar-refractivity contribution < 1.29 is 17.2 Å². The zero-order valence-electron chi connectivity index (χ0n) is 19.4. The van der Waals surface area contributed by atoms with Crippen LogP contribution in [0.4, 0.5) is 20.5 Å². The lowest BCUT2D eigenvalue weighted by atomic mass is 10.1. The van der Waals surface area contributed by atoms with Gasteiger partial charge >= 0.3 is 0 Å². The van der Waals surface area contributed by atoms with Gasteiger partial charge in [0.15, 0.2) is 0 Å². The first-order valence-electron chi connectivity index (χ1n) is 12.1. The molecule has 5 rings (SSSR count). The number of hydrogen-bond acceptors (Lipinski definition) is 7. The van der Waals surface area contributed by atoms with Gasteiger partial charge < -0.3 is 15.5 Å². The van der Waals surface area contributed by atoms with Gasteiger partial charge in [-0.2, -0.15) is 18.1 Å². The van der Waals surface area contributed by atoms with E-state index in [-0.39, 0.29) is 48.0 Å². The maximum absolute atomic E-state index is 14.5. The van der Waals surface area contributed by atoms with Crippen LogP contribution in [-0.4, -0.2) is 74.3 Å². The van der Waals surface area contributed by atoms with Crippen molar-refractivity contribution in [1.82, 2.24) is 19.6 Å². The molecule has 4 aliphatic rings. The molecule has 3 atom stereocenters. The van der Waals surface area contributed by atoms with Crippen LogP contribution in [0.1, 0.15) is 37.9 Å². The fraction of sp³-hybridized carbons (Fsp3) is 0.818. The number of nitrogens with zero attached hydrogens (tertiary/aromatic N) is 4. The molecule has 33 heavy (non-hydrogen) atoms. The molecular weight excluding hydrogens is 450 g/mol. The molecule has 0 radical (unpaired) electrons. The fourth-order valence-corrected chi connectivity index (χ4v) is 7.49. The quantitative estimate of drug-likeness (QED) is 0.582. The van der Waals surface area contributed by atoms with Crippen molar-refractivity contribution in [3.05, 3.63) is 11.3 Å². The van der Waals surface area contributed by atoms with E-state index in [1.807, 2.05) is 0 Å². The second-order valence-corrected chi connectivity index (χ2v) is 12.3. The van der Waals surface area contributed by atoms with Gasteiger partial charge in [0.25, 0.3) is 5.92 Å². The Morgan fingerprint density at radius 3 is 2.55 bits per heavy atom. The number of sulfonamides is 1. The van der Waals surface area contributed by atoms with Crippen LogP contribution in [0.5, 0.6) is 0 Å². The van der Waals surface area contributed by atoms with E-state index in [0.29, 0.717) is 63.1 Å². The first-order valence-corrected chi connectivity index (χ1v) is 13.7. The highest BCUT2D eigenvalue weighted by Gasteiger charge is 2.58. The van der Waals surface area contributed by atoms with Gasteiger partial charge in [-0.25, -0.2) is 13.4 Å². The van der Waals surface area contributed by atoms with Crippen molar-refractivity contribution in [1.29, 1.82) is 0 Å². The Bertz CT molecular complexity index is 987. The molecule has 0 aromatic carbocycles. The molecule has 3 heterocycles. The summed E-state index contributed by atoms with van der Waals surface area (Å²) in [6, 6.07) is 0. The average Bonchev–Trinajstić information content (AvgIpc) is 3.09. The van der Waals surface area contributed by atoms with Crippen LogP contribution >= 0.6 is 0 Å². The molecule has 0 spiro atoms. The third kappa shape index (κ3) is 4.55. The summed E-state index contributed by atoms with van der Waals surface area (Å²) in [4.78, 5) is 10.9. The predicted octanol–water partition coefficient (Wildman–Crippen LogP) is 1.89. The largest absolute Gasteiger partial charge is 0.356 e. The summed E-state index contributed by atoms with van der Waals surface area (Å²) in [5.41, 5.74) is 0.415. The van der Waals surface area contributed by atoms with Crippen molar-refractivity contribution in [3.63, 3.8) is 0 Å². The number of piperazine rings is 1. The van der Waals surface area contributed by atoms with Gasteiger partial charge in [-0.05, 0) is 36.5 Å². The molecule has 1 aromatic heterocycles. The zero-order valence-corrected chi connectivity index (χ0v) is 20.2. The Balaban J connectivity index is 1.28. The Labute approximate surface area is 194 Å². The molecule has 3 fully saturated rings. The minimum Gasteiger partial charge on any atom is -0.356 e. The van der Waals surface area contributed by atoms with Crippen molar-refractivity contribution in [2.45, 2.75) is 39.0 Å². The Morgan fingerprint density at radius 1 is 1.18 bits per heavy atom. The average molecular weight is 485 g/mol. The number of nitrogens with one attached hydrogen (secondary N) is 2. The van der Waals surface area contributed by atoms with Crippen LogP contribution in [-0.2, 0) is 22.4 Å². The molecule has 2 aliphatic carbocycles. The van der Waals surface area contributed by atoms with Gasteiger partial charge in [-0.1, -0.05) is 13.8 Å². The van der Waals surface area contributed by atoms with E-state index in [0.717, 1.165) is 6.42 Å². The summed E-state index contributed by atoms with van der Waals surface area (Å²) in [6.07, 6.45) is 0.950. The van der Waals surface area contributed by atoms with Crippen LogP contribution in [0.3, 0.4) is 0 Å². The fourth-order valence-electron chi connectivity index (χ4n) is 5.56. The van der Waals surface area contributed by atoms with Crippen LogP contribution in [0.15, 0.2) is 0 Å². The minimum atomic E-state index is -3.25. The second-order valence-electron chi connectivity index (χ2n) is 10.3. The highest BCUT2D eigenvalue weighted by molar-refractivity contribution is 7.89. The van der Waals surface area contributed by atoms with Gasteiger partial charge in [-0.15, -0.1) is 0 Å². The van der Waals surface area contributed by atoms with E-state index in [1.54, 1.807) is 4.31 Å². The molecule has 2 saturated heterocycles. The number of aromatic nitrogens is 2. The lowest BCUT2D eigenvalue weighted by molar-refractivity contribution is -0.00587. The number of anilines is 2. The third-order valence-electron chi connectivity index (χ3n) is 7.57. The van der Waals surface area contributed by atoms with E-state index in [9.17, 15) is 17.2 Å².